The number of carbonyl (C=O) groups is 1. The van der Waals surface area contributed by atoms with Crippen molar-refractivity contribution in [2.24, 2.45) is 0 Å². The van der Waals surface area contributed by atoms with Gasteiger partial charge in [0.25, 0.3) is 0 Å². The molecule has 28 heavy (non-hydrogen) atoms. The van der Waals surface area contributed by atoms with Crippen molar-refractivity contribution >= 4 is 16.0 Å². The molecule has 158 valence electrons. The molecule has 1 unspecified atom stereocenters. The van der Waals surface area contributed by atoms with E-state index < -0.39 is 27.6 Å². The van der Waals surface area contributed by atoms with Crippen LogP contribution < -0.4 is 9.47 Å². The van der Waals surface area contributed by atoms with E-state index in [1.54, 1.807) is 18.2 Å². The van der Waals surface area contributed by atoms with Crippen LogP contribution in [0.15, 0.2) is 18.2 Å². The molecule has 1 N–H and O–H groups in total. The first-order chi connectivity index (χ1) is 13.0. The Morgan fingerprint density at radius 3 is 2.68 bits per heavy atom. The molecule has 1 aliphatic heterocycles. The molecule has 1 aliphatic rings. The van der Waals surface area contributed by atoms with Gasteiger partial charge in [0, 0.05) is 32.1 Å². The van der Waals surface area contributed by atoms with Crippen LogP contribution in [0.1, 0.15) is 44.7 Å². The Morgan fingerprint density at radius 1 is 1.36 bits per heavy atom. The summed E-state index contributed by atoms with van der Waals surface area (Å²) in [5.74, 6) is 0.300. The van der Waals surface area contributed by atoms with Crippen molar-refractivity contribution in [2.75, 3.05) is 33.1 Å². The van der Waals surface area contributed by atoms with Crippen molar-refractivity contribution in [2.45, 2.75) is 44.8 Å². The maximum atomic E-state index is 12.5. The van der Waals surface area contributed by atoms with E-state index in [9.17, 15) is 13.2 Å². The molecule has 0 aromatic heterocycles. The molecule has 0 fully saturated rings. The number of methoxy groups -OCH3 is 1. The van der Waals surface area contributed by atoms with Gasteiger partial charge in [0.05, 0.1) is 25.5 Å². The highest BCUT2D eigenvalue weighted by Gasteiger charge is 2.40. The Hall–Kier alpha value is -1.84. The molecule has 2 rings (SSSR count). The molecule has 0 spiro atoms. The van der Waals surface area contributed by atoms with Crippen LogP contribution in [-0.4, -0.2) is 62.5 Å². The van der Waals surface area contributed by atoms with Crippen molar-refractivity contribution in [3.63, 3.8) is 0 Å². The summed E-state index contributed by atoms with van der Waals surface area (Å²) in [6.07, 6.45) is 2.10. The molecule has 0 aliphatic carbocycles. The zero-order chi connectivity index (χ0) is 20.9. The Kier molecular flexibility index (Phi) is 7.30. The summed E-state index contributed by atoms with van der Waals surface area (Å²) < 4.78 is 43.2. The summed E-state index contributed by atoms with van der Waals surface area (Å²) in [5, 5.41) is 8.72. The van der Waals surface area contributed by atoms with Gasteiger partial charge in [-0.3, -0.25) is 4.79 Å². The molecule has 1 heterocycles. The van der Waals surface area contributed by atoms with Crippen LogP contribution in [0.3, 0.4) is 0 Å². The summed E-state index contributed by atoms with van der Waals surface area (Å²) in [5.41, 5.74) is 0.203. The van der Waals surface area contributed by atoms with Gasteiger partial charge < -0.3 is 19.3 Å². The van der Waals surface area contributed by atoms with Gasteiger partial charge in [-0.25, -0.2) is 8.42 Å². The maximum absolute atomic E-state index is 12.5. The number of aliphatic carboxylic acids is 1. The lowest BCUT2D eigenvalue weighted by atomic mass is 9.89. The fourth-order valence-electron chi connectivity index (χ4n) is 3.29. The van der Waals surface area contributed by atoms with Gasteiger partial charge in [-0.2, -0.15) is 4.31 Å². The normalized spacial score (nSPS) is 18.4. The number of fused-ring (bicyclic) bond motifs is 1. The number of benzene rings is 1. The highest BCUT2D eigenvalue weighted by molar-refractivity contribution is 7.88. The van der Waals surface area contributed by atoms with Crippen molar-refractivity contribution < 1.29 is 32.5 Å². The lowest BCUT2D eigenvalue weighted by Gasteiger charge is -2.41. The van der Waals surface area contributed by atoms with Crippen LogP contribution >= 0.6 is 0 Å². The summed E-state index contributed by atoms with van der Waals surface area (Å²) in [7, 11) is -1.95. The molecule has 0 saturated heterocycles. The van der Waals surface area contributed by atoms with Gasteiger partial charge >= 0.3 is 5.97 Å². The molecule has 0 bridgehead atoms. The van der Waals surface area contributed by atoms with Gasteiger partial charge in [-0.15, -0.1) is 0 Å². The van der Waals surface area contributed by atoms with E-state index >= 15 is 0 Å². The fraction of sp³-hybridized carbons (Fsp3) is 0.632. The molecule has 0 amide bonds. The first-order valence-corrected chi connectivity index (χ1v) is 11.0. The second kappa shape index (κ2) is 9.11. The standard InChI is InChI=1S/C19H29NO7S/c1-19(2)13-16(20(9-11-25-3)28(4,23)24)15-12-14(7-8-17(15)27-19)26-10-5-6-18(21)22/h7-8,12,16H,5-6,9-11,13H2,1-4H3,(H,21,22). The number of hydrogen-bond acceptors (Lipinski definition) is 6. The van der Waals surface area contributed by atoms with E-state index in [1.807, 2.05) is 13.8 Å². The van der Waals surface area contributed by atoms with Gasteiger partial charge in [0.1, 0.15) is 17.1 Å². The zero-order valence-electron chi connectivity index (χ0n) is 16.8. The molecule has 1 aromatic carbocycles. The van der Waals surface area contributed by atoms with Crippen LogP contribution in [0.25, 0.3) is 0 Å². The van der Waals surface area contributed by atoms with E-state index in [2.05, 4.69) is 0 Å². The monoisotopic (exact) mass is 415 g/mol. The highest BCUT2D eigenvalue weighted by atomic mass is 32.2. The zero-order valence-corrected chi connectivity index (χ0v) is 17.6. The van der Waals surface area contributed by atoms with E-state index in [-0.39, 0.29) is 26.2 Å². The molecule has 1 aromatic rings. The van der Waals surface area contributed by atoms with E-state index in [0.717, 1.165) is 5.56 Å². The molecule has 0 saturated carbocycles. The average molecular weight is 416 g/mol. The second-order valence-corrected chi connectivity index (χ2v) is 9.43. The number of rotatable bonds is 10. The van der Waals surface area contributed by atoms with E-state index in [1.165, 1.54) is 17.7 Å². The van der Waals surface area contributed by atoms with Crippen molar-refractivity contribution in [1.29, 1.82) is 0 Å². The van der Waals surface area contributed by atoms with Crippen LogP contribution in [0, 0.1) is 0 Å². The van der Waals surface area contributed by atoms with Gasteiger partial charge in [-0.05, 0) is 38.5 Å². The second-order valence-electron chi connectivity index (χ2n) is 7.49. The summed E-state index contributed by atoms with van der Waals surface area (Å²) >= 11 is 0. The molecule has 8 nitrogen and oxygen atoms in total. The smallest absolute Gasteiger partial charge is 0.303 e. The van der Waals surface area contributed by atoms with E-state index in [0.29, 0.717) is 24.3 Å². The van der Waals surface area contributed by atoms with Gasteiger partial charge in [0.2, 0.25) is 10.0 Å². The highest BCUT2D eigenvalue weighted by Crippen LogP contribution is 2.44. The molecule has 0 radical (unpaired) electrons. The predicted octanol–water partition coefficient (Wildman–Crippen LogP) is 2.44. The Labute approximate surface area is 166 Å². The Balaban J connectivity index is 2.31. The van der Waals surface area contributed by atoms with Gasteiger partial charge in [0.15, 0.2) is 0 Å². The lowest BCUT2D eigenvalue weighted by Crippen LogP contribution is -2.44. The third-order valence-corrected chi connectivity index (χ3v) is 5.79. The summed E-state index contributed by atoms with van der Waals surface area (Å²) in [6.45, 7) is 4.64. The van der Waals surface area contributed by atoms with Crippen LogP contribution in [0.2, 0.25) is 0 Å². The number of sulfonamides is 1. The third-order valence-electron chi connectivity index (χ3n) is 4.50. The predicted molar refractivity (Wildman–Crippen MR) is 104 cm³/mol. The third kappa shape index (κ3) is 6.08. The summed E-state index contributed by atoms with van der Waals surface area (Å²) in [4.78, 5) is 10.6. The van der Waals surface area contributed by atoms with Crippen molar-refractivity contribution in [3.8, 4) is 11.5 Å². The van der Waals surface area contributed by atoms with Crippen LogP contribution in [-0.2, 0) is 19.6 Å². The first kappa shape index (κ1) is 22.4. The number of ether oxygens (including phenoxy) is 3. The lowest BCUT2D eigenvalue weighted by molar-refractivity contribution is -0.137. The van der Waals surface area contributed by atoms with Gasteiger partial charge in [-0.1, -0.05) is 0 Å². The van der Waals surface area contributed by atoms with Crippen LogP contribution in [0.5, 0.6) is 11.5 Å². The topological polar surface area (TPSA) is 102 Å². The number of carboxylic acids is 1. The fourth-order valence-corrected chi connectivity index (χ4v) is 4.35. The molecular weight excluding hydrogens is 386 g/mol. The molecule has 1 atom stereocenters. The Morgan fingerprint density at radius 2 is 2.07 bits per heavy atom. The minimum absolute atomic E-state index is 0.0315. The van der Waals surface area contributed by atoms with Crippen molar-refractivity contribution in [3.05, 3.63) is 23.8 Å². The number of nitrogens with zero attached hydrogens (tertiary/aromatic N) is 1. The van der Waals surface area contributed by atoms with Crippen molar-refractivity contribution in [1.82, 2.24) is 4.31 Å². The SMILES string of the molecule is COCCN(C1CC(C)(C)Oc2ccc(OCCCC(=O)O)cc21)S(C)(=O)=O. The molecular formula is C19H29NO7S. The largest absolute Gasteiger partial charge is 0.494 e. The Bertz CT molecular complexity index is 791. The number of hydrogen-bond donors (Lipinski definition) is 1. The minimum Gasteiger partial charge on any atom is -0.494 e. The number of carboxylic acid groups (broad SMARTS) is 1. The maximum Gasteiger partial charge on any atom is 0.303 e. The average Bonchev–Trinajstić information content (AvgIpc) is 2.57. The summed E-state index contributed by atoms with van der Waals surface area (Å²) in [6, 6.07) is 4.89. The van der Waals surface area contributed by atoms with E-state index in [4.69, 9.17) is 19.3 Å². The molecule has 9 heteroatoms. The first-order valence-electron chi connectivity index (χ1n) is 9.17. The quantitative estimate of drug-likeness (QED) is 0.586. The van der Waals surface area contributed by atoms with Crippen LogP contribution in [0.4, 0.5) is 0 Å². The minimum atomic E-state index is -3.48.